The second-order valence-corrected chi connectivity index (χ2v) is 5.96. The molecule has 0 spiro atoms. The fraction of sp³-hybridized carbons (Fsp3) is 0.471. The Hall–Kier alpha value is -2.17. The molecule has 22 heavy (non-hydrogen) atoms. The van der Waals surface area contributed by atoms with Crippen molar-refractivity contribution in [3.8, 4) is 11.4 Å². The molecule has 1 saturated carbocycles. The third-order valence-electron chi connectivity index (χ3n) is 4.38. The van der Waals surface area contributed by atoms with Gasteiger partial charge in [-0.15, -0.1) is 0 Å². The molecule has 2 N–H and O–H groups in total. The number of nitrogens with one attached hydrogen (secondary N) is 2. The van der Waals surface area contributed by atoms with E-state index in [2.05, 4.69) is 20.5 Å². The quantitative estimate of drug-likeness (QED) is 0.890. The van der Waals surface area contributed by atoms with Crippen molar-refractivity contribution in [1.82, 2.24) is 20.5 Å². The van der Waals surface area contributed by atoms with Crippen LogP contribution in [-0.2, 0) is 0 Å². The van der Waals surface area contributed by atoms with Gasteiger partial charge in [-0.2, -0.15) is 5.10 Å². The molecule has 5 nitrogen and oxygen atoms in total. The van der Waals surface area contributed by atoms with Crippen molar-refractivity contribution in [2.75, 3.05) is 6.54 Å². The molecular formula is C17H22N4O. The average molecular weight is 298 g/mol. The van der Waals surface area contributed by atoms with Crippen LogP contribution in [0.1, 0.15) is 48.9 Å². The lowest BCUT2D eigenvalue weighted by molar-refractivity contribution is 0.0950. The molecule has 1 aliphatic rings. The Kier molecular flexibility index (Phi) is 4.83. The summed E-state index contributed by atoms with van der Waals surface area (Å²) in [6.07, 6.45) is 9.25. The number of H-pyrrole nitrogens is 1. The van der Waals surface area contributed by atoms with Crippen LogP contribution < -0.4 is 5.32 Å². The normalized spacial score (nSPS) is 15.6. The third kappa shape index (κ3) is 3.72. The highest BCUT2D eigenvalue weighted by molar-refractivity contribution is 5.95. The van der Waals surface area contributed by atoms with E-state index < -0.39 is 0 Å². The van der Waals surface area contributed by atoms with Crippen molar-refractivity contribution in [1.29, 1.82) is 0 Å². The molecule has 1 fully saturated rings. The van der Waals surface area contributed by atoms with Gasteiger partial charge in [0.25, 0.3) is 5.91 Å². The second-order valence-electron chi connectivity index (χ2n) is 5.96. The highest BCUT2D eigenvalue weighted by Gasteiger charge is 2.14. The standard InChI is InChI=1S/C17H22N4O/c22-17(18-10-9-13-5-2-1-3-6-13)15-8-4-7-14(11-15)16-19-12-20-21-16/h4,7-8,11-13H,1-3,5-6,9-10H2,(H,18,22)(H,19,20,21). The van der Waals surface area contributed by atoms with Crippen LogP contribution in [0.25, 0.3) is 11.4 Å². The van der Waals surface area contributed by atoms with Crippen LogP contribution in [0.4, 0.5) is 0 Å². The van der Waals surface area contributed by atoms with E-state index in [1.807, 2.05) is 24.3 Å². The number of rotatable bonds is 5. The summed E-state index contributed by atoms with van der Waals surface area (Å²) in [7, 11) is 0. The van der Waals surface area contributed by atoms with E-state index in [0.29, 0.717) is 11.4 Å². The van der Waals surface area contributed by atoms with Crippen LogP contribution in [-0.4, -0.2) is 27.6 Å². The van der Waals surface area contributed by atoms with Gasteiger partial charge in [-0.1, -0.05) is 44.2 Å². The minimum atomic E-state index is -0.0165. The molecule has 2 aromatic rings. The van der Waals surface area contributed by atoms with E-state index in [9.17, 15) is 4.79 Å². The van der Waals surface area contributed by atoms with Crippen LogP contribution in [0, 0.1) is 5.92 Å². The predicted molar refractivity (Wildman–Crippen MR) is 85.3 cm³/mol. The number of hydrogen-bond acceptors (Lipinski definition) is 3. The Labute approximate surface area is 130 Å². The number of hydrogen-bond donors (Lipinski definition) is 2. The van der Waals surface area contributed by atoms with E-state index in [-0.39, 0.29) is 5.91 Å². The van der Waals surface area contributed by atoms with Gasteiger partial charge in [0.1, 0.15) is 6.33 Å². The van der Waals surface area contributed by atoms with Crippen LogP contribution in [0.15, 0.2) is 30.6 Å². The molecule has 5 heteroatoms. The maximum absolute atomic E-state index is 12.3. The summed E-state index contributed by atoms with van der Waals surface area (Å²) in [5.41, 5.74) is 1.54. The zero-order chi connectivity index (χ0) is 15.2. The number of carbonyl (C=O) groups is 1. The Morgan fingerprint density at radius 3 is 2.91 bits per heavy atom. The Morgan fingerprint density at radius 2 is 2.14 bits per heavy atom. The van der Waals surface area contributed by atoms with E-state index in [1.54, 1.807) is 0 Å². The molecule has 1 aliphatic carbocycles. The van der Waals surface area contributed by atoms with Crippen molar-refractivity contribution < 1.29 is 4.79 Å². The van der Waals surface area contributed by atoms with Crippen molar-refractivity contribution in [3.05, 3.63) is 36.2 Å². The van der Waals surface area contributed by atoms with Gasteiger partial charge in [0.15, 0.2) is 5.82 Å². The predicted octanol–water partition coefficient (Wildman–Crippen LogP) is 3.17. The first kappa shape index (κ1) is 14.8. The molecule has 0 unspecified atom stereocenters. The minimum absolute atomic E-state index is 0.0165. The van der Waals surface area contributed by atoms with Gasteiger partial charge in [0, 0.05) is 17.7 Å². The average Bonchev–Trinajstić information content (AvgIpc) is 3.10. The van der Waals surface area contributed by atoms with Crippen molar-refractivity contribution in [3.63, 3.8) is 0 Å². The van der Waals surface area contributed by atoms with Crippen molar-refractivity contribution in [2.45, 2.75) is 38.5 Å². The number of carbonyl (C=O) groups excluding carboxylic acids is 1. The molecule has 0 bridgehead atoms. The van der Waals surface area contributed by atoms with Gasteiger partial charge in [-0.05, 0) is 24.5 Å². The van der Waals surface area contributed by atoms with Crippen LogP contribution in [0.5, 0.6) is 0 Å². The van der Waals surface area contributed by atoms with Gasteiger partial charge in [-0.25, -0.2) is 4.98 Å². The monoisotopic (exact) mass is 298 g/mol. The van der Waals surface area contributed by atoms with Gasteiger partial charge in [0.05, 0.1) is 0 Å². The Balaban J connectivity index is 1.54. The fourth-order valence-electron chi connectivity index (χ4n) is 3.12. The van der Waals surface area contributed by atoms with E-state index in [0.717, 1.165) is 24.4 Å². The number of amides is 1. The summed E-state index contributed by atoms with van der Waals surface area (Å²) in [5.74, 6) is 1.45. The Morgan fingerprint density at radius 1 is 1.27 bits per heavy atom. The van der Waals surface area contributed by atoms with Gasteiger partial charge >= 0.3 is 0 Å². The summed E-state index contributed by atoms with van der Waals surface area (Å²) < 4.78 is 0. The molecule has 1 aromatic heterocycles. The summed E-state index contributed by atoms with van der Waals surface area (Å²) in [6.45, 7) is 0.760. The number of aromatic amines is 1. The largest absolute Gasteiger partial charge is 0.352 e. The zero-order valence-electron chi connectivity index (χ0n) is 12.7. The van der Waals surface area contributed by atoms with Crippen molar-refractivity contribution >= 4 is 5.91 Å². The smallest absolute Gasteiger partial charge is 0.251 e. The first-order valence-corrected chi connectivity index (χ1v) is 8.07. The third-order valence-corrected chi connectivity index (χ3v) is 4.38. The lowest BCUT2D eigenvalue weighted by Gasteiger charge is -2.21. The van der Waals surface area contributed by atoms with Crippen LogP contribution in [0.3, 0.4) is 0 Å². The highest BCUT2D eigenvalue weighted by atomic mass is 16.1. The van der Waals surface area contributed by atoms with Gasteiger partial charge < -0.3 is 5.32 Å². The first-order chi connectivity index (χ1) is 10.8. The Bertz CT molecular complexity index is 603. The van der Waals surface area contributed by atoms with E-state index in [4.69, 9.17) is 0 Å². The second kappa shape index (κ2) is 7.20. The fourth-order valence-corrected chi connectivity index (χ4v) is 3.12. The molecule has 0 atom stereocenters. The molecule has 1 heterocycles. The number of aromatic nitrogens is 3. The van der Waals surface area contributed by atoms with Crippen molar-refractivity contribution in [2.24, 2.45) is 5.92 Å². The van der Waals surface area contributed by atoms with Gasteiger partial charge in [0.2, 0.25) is 0 Å². The minimum Gasteiger partial charge on any atom is -0.352 e. The van der Waals surface area contributed by atoms with E-state index in [1.165, 1.54) is 38.4 Å². The summed E-state index contributed by atoms with van der Waals surface area (Å²) in [6, 6.07) is 7.46. The highest BCUT2D eigenvalue weighted by Crippen LogP contribution is 2.25. The van der Waals surface area contributed by atoms with Crippen LogP contribution in [0.2, 0.25) is 0 Å². The molecule has 116 valence electrons. The maximum Gasteiger partial charge on any atom is 0.251 e. The van der Waals surface area contributed by atoms with Crippen LogP contribution >= 0.6 is 0 Å². The number of benzene rings is 1. The maximum atomic E-state index is 12.3. The molecule has 1 amide bonds. The lowest BCUT2D eigenvalue weighted by atomic mass is 9.87. The summed E-state index contributed by atoms with van der Waals surface area (Å²) in [4.78, 5) is 16.4. The SMILES string of the molecule is O=C(NCCC1CCCCC1)c1cccc(-c2ncn[nH]2)c1. The molecule has 0 saturated heterocycles. The van der Waals surface area contributed by atoms with E-state index >= 15 is 0 Å². The van der Waals surface area contributed by atoms with Gasteiger partial charge in [-0.3, -0.25) is 9.89 Å². The summed E-state index contributed by atoms with van der Waals surface area (Å²) >= 11 is 0. The molecule has 3 rings (SSSR count). The molecule has 0 radical (unpaired) electrons. The molecule has 1 aromatic carbocycles. The summed E-state index contributed by atoms with van der Waals surface area (Å²) in [5, 5.41) is 9.68. The lowest BCUT2D eigenvalue weighted by Crippen LogP contribution is -2.26. The topological polar surface area (TPSA) is 70.7 Å². The zero-order valence-corrected chi connectivity index (χ0v) is 12.7. The number of nitrogens with zero attached hydrogens (tertiary/aromatic N) is 2. The first-order valence-electron chi connectivity index (χ1n) is 8.07. The molecular weight excluding hydrogens is 276 g/mol. The molecule has 0 aliphatic heterocycles.